The van der Waals surface area contributed by atoms with Gasteiger partial charge in [-0.1, -0.05) is 18.2 Å². The van der Waals surface area contributed by atoms with Gasteiger partial charge in [0.05, 0.1) is 16.9 Å². The average Bonchev–Trinajstić information content (AvgIpc) is 2.29. The van der Waals surface area contributed by atoms with Crippen LogP contribution in [0, 0.1) is 0 Å². The molecule has 1 heterocycles. The van der Waals surface area contributed by atoms with Gasteiger partial charge < -0.3 is 10.8 Å². The lowest BCUT2D eigenvalue weighted by molar-refractivity contribution is 0.0697. The van der Waals surface area contributed by atoms with Crippen LogP contribution in [-0.2, 0) is 0 Å². The molecule has 0 saturated heterocycles. The van der Waals surface area contributed by atoms with E-state index in [1.165, 1.54) is 6.07 Å². The molecule has 0 aliphatic rings. The summed E-state index contributed by atoms with van der Waals surface area (Å²) in [7, 11) is 0. The minimum atomic E-state index is -0.986. The quantitative estimate of drug-likeness (QED) is 0.801. The molecular weight excluding hydrogens is 204 g/mol. The highest BCUT2D eigenvalue weighted by atomic mass is 16.4. The van der Waals surface area contributed by atoms with E-state index in [1.807, 2.05) is 0 Å². The number of pyridine rings is 1. The predicted octanol–water partition coefficient (Wildman–Crippen LogP) is 2.03. The Morgan fingerprint density at radius 1 is 1.19 bits per heavy atom. The van der Waals surface area contributed by atoms with Crippen molar-refractivity contribution in [3.8, 4) is 11.3 Å². The summed E-state index contributed by atoms with van der Waals surface area (Å²) in [6.07, 6.45) is 1.59. The number of aromatic nitrogens is 1. The molecule has 2 aromatic rings. The third-order valence-electron chi connectivity index (χ3n) is 2.25. The lowest BCUT2D eigenvalue weighted by Gasteiger charge is -2.07. The van der Waals surface area contributed by atoms with Gasteiger partial charge in [0.1, 0.15) is 0 Å². The molecule has 1 aromatic carbocycles. The van der Waals surface area contributed by atoms with E-state index in [0.29, 0.717) is 16.9 Å². The average molecular weight is 214 g/mol. The molecule has 0 bridgehead atoms. The molecule has 0 saturated carbocycles. The highest BCUT2D eigenvalue weighted by Crippen LogP contribution is 2.26. The van der Waals surface area contributed by atoms with Gasteiger partial charge in [-0.3, -0.25) is 4.98 Å². The number of hydrogen-bond donors (Lipinski definition) is 2. The third-order valence-corrected chi connectivity index (χ3v) is 2.25. The summed E-state index contributed by atoms with van der Waals surface area (Å²) in [6, 6.07) is 10.1. The molecule has 0 fully saturated rings. The van der Waals surface area contributed by atoms with Crippen molar-refractivity contribution >= 4 is 11.7 Å². The number of nitrogen functional groups attached to an aromatic ring is 1. The molecule has 1 aromatic heterocycles. The zero-order valence-electron chi connectivity index (χ0n) is 8.42. The van der Waals surface area contributed by atoms with E-state index in [0.717, 1.165) is 0 Å². The number of nitrogens with zero attached hydrogens (tertiary/aromatic N) is 1. The SMILES string of the molecule is Nc1cccnc1-c1ccccc1C(=O)O. The highest BCUT2D eigenvalue weighted by molar-refractivity contribution is 5.96. The first-order valence-corrected chi connectivity index (χ1v) is 4.73. The first-order valence-electron chi connectivity index (χ1n) is 4.73. The molecule has 16 heavy (non-hydrogen) atoms. The fourth-order valence-electron chi connectivity index (χ4n) is 1.52. The Morgan fingerprint density at radius 2 is 1.94 bits per heavy atom. The van der Waals surface area contributed by atoms with Crippen molar-refractivity contribution in [2.45, 2.75) is 0 Å². The minimum absolute atomic E-state index is 0.202. The van der Waals surface area contributed by atoms with Gasteiger partial charge in [0.25, 0.3) is 0 Å². The number of nitrogens with two attached hydrogens (primary N) is 1. The standard InChI is InChI=1S/C12H10N2O2/c13-10-6-3-7-14-11(10)8-4-1-2-5-9(8)12(15)16/h1-7H,13H2,(H,15,16). The van der Waals surface area contributed by atoms with E-state index in [-0.39, 0.29) is 5.56 Å². The number of carbonyl (C=O) groups is 1. The number of hydrogen-bond acceptors (Lipinski definition) is 3. The van der Waals surface area contributed by atoms with E-state index in [4.69, 9.17) is 10.8 Å². The van der Waals surface area contributed by atoms with Crippen molar-refractivity contribution in [1.29, 1.82) is 0 Å². The summed E-state index contributed by atoms with van der Waals surface area (Å²) in [6.45, 7) is 0. The highest BCUT2D eigenvalue weighted by Gasteiger charge is 2.13. The Balaban J connectivity index is 2.65. The van der Waals surface area contributed by atoms with Crippen molar-refractivity contribution in [2.75, 3.05) is 5.73 Å². The van der Waals surface area contributed by atoms with Gasteiger partial charge in [-0.05, 0) is 18.2 Å². The van der Waals surface area contributed by atoms with E-state index in [9.17, 15) is 4.79 Å². The van der Waals surface area contributed by atoms with Crippen LogP contribution in [0.2, 0.25) is 0 Å². The largest absolute Gasteiger partial charge is 0.478 e. The van der Waals surface area contributed by atoms with Gasteiger partial charge in [-0.15, -0.1) is 0 Å². The minimum Gasteiger partial charge on any atom is -0.478 e. The van der Waals surface area contributed by atoms with Crippen LogP contribution in [0.3, 0.4) is 0 Å². The summed E-state index contributed by atoms with van der Waals surface area (Å²) >= 11 is 0. The number of rotatable bonds is 2. The Bertz CT molecular complexity index is 538. The maximum atomic E-state index is 11.0. The monoisotopic (exact) mass is 214 g/mol. The van der Waals surface area contributed by atoms with Gasteiger partial charge in [0.2, 0.25) is 0 Å². The first kappa shape index (κ1) is 10.2. The van der Waals surface area contributed by atoms with Crippen LogP contribution in [0.15, 0.2) is 42.6 Å². The summed E-state index contributed by atoms with van der Waals surface area (Å²) < 4.78 is 0. The Morgan fingerprint density at radius 3 is 2.62 bits per heavy atom. The molecule has 0 aliphatic heterocycles. The van der Waals surface area contributed by atoms with Crippen LogP contribution in [0.4, 0.5) is 5.69 Å². The fourth-order valence-corrected chi connectivity index (χ4v) is 1.52. The molecule has 0 spiro atoms. The number of carboxylic acids is 1. The number of benzene rings is 1. The predicted molar refractivity (Wildman–Crippen MR) is 61.0 cm³/mol. The molecule has 0 atom stereocenters. The van der Waals surface area contributed by atoms with Crippen molar-refractivity contribution in [2.24, 2.45) is 0 Å². The van der Waals surface area contributed by atoms with Crippen LogP contribution in [0.5, 0.6) is 0 Å². The molecule has 80 valence electrons. The van der Waals surface area contributed by atoms with Crippen molar-refractivity contribution < 1.29 is 9.90 Å². The van der Waals surface area contributed by atoms with Crippen molar-refractivity contribution in [1.82, 2.24) is 4.98 Å². The van der Waals surface area contributed by atoms with Gasteiger partial charge in [-0.25, -0.2) is 4.79 Å². The summed E-state index contributed by atoms with van der Waals surface area (Å²) in [5, 5.41) is 9.05. The van der Waals surface area contributed by atoms with Gasteiger partial charge in [0.15, 0.2) is 0 Å². The molecule has 0 unspecified atom stereocenters. The number of carboxylic acid groups (broad SMARTS) is 1. The Labute approximate surface area is 92.4 Å². The maximum absolute atomic E-state index is 11.0. The first-order chi connectivity index (χ1) is 7.70. The smallest absolute Gasteiger partial charge is 0.336 e. The van der Waals surface area contributed by atoms with E-state index >= 15 is 0 Å². The molecule has 4 nitrogen and oxygen atoms in total. The van der Waals surface area contributed by atoms with E-state index in [1.54, 1.807) is 36.5 Å². The molecule has 0 amide bonds. The second-order valence-corrected chi connectivity index (χ2v) is 3.29. The van der Waals surface area contributed by atoms with Gasteiger partial charge in [-0.2, -0.15) is 0 Å². The molecule has 4 heteroatoms. The summed E-state index contributed by atoms with van der Waals surface area (Å²) in [5.41, 5.74) is 7.47. The molecule has 3 N–H and O–H groups in total. The van der Waals surface area contributed by atoms with E-state index in [2.05, 4.69) is 4.98 Å². The Hall–Kier alpha value is -2.36. The molecular formula is C12H10N2O2. The van der Waals surface area contributed by atoms with Crippen molar-refractivity contribution in [3.63, 3.8) is 0 Å². The maximum Gasteiger partial charge on any atom is 0.336 e. The molecule has 2 rings (SSSR count). The zero-order chi connectivity index (χ0) is 11.5. The lowest BCUT2D eigenvalue weighted by Crippen LogP contribution is -2.01. The van der Waals surface area contributed by atoms with Crippen LogP contribution in [-0.4, -0.2) is 16.1 Å². The number of anilines is 1. The molecule has 0 radical (unpaired) electrons. The summed E-state index contributed by atoms with van der Waals surface area (Å²) in [4.78, 5) is 15.1. The lowest BCUT2D eigenvalue weighted by atomic mass is 10.0. The fraction of sp³-hybridized carbons (Fsp3) is 0. The molecule has 0 aliphatic carbocycles. The van der Waals surface area contributed by atoms with Crippen LogP contribution >= 0.6 is 0 Å². The van der Waals surface area contributed by atoms with Crippen LogP contribution in [0.25, 0.3) is 11.3 Å². The Kier molecular flexibility index (Phi) is 2.55. The van der Waals surface area contributed by atoms with Crippen LogP contribution < -0.4 is 5.73 Å². The second-order valence-electron chi connectivity index (χ2n) is 3.29. The second kappa shape index (κ2) is 4.02. The van der Waals surface area contributed by atoms with Gasteiger partial charge in [0, 0.05) is 11.8 Å². The normalized spacial score (nSPS) is 10.0. The van der Waals surface area contributed by atoms with E-state index < -0.39 is 5.97 Å². The van der Waals surface area contributed by atoms with Gasteiger partial charge >= 0.3 is 5.97 Å². The van der Waals surface area contributed by atoms with Crippen molar-refractivity contribution in [3.05, 3.63) is 48.2 Å². The topological polar surface area (TPSA) is 76.2 Å². The van der Waals surface area contributed by atoms with Crippen LogP contribution in [0.1, 0.15) is 10.4 Å². The number of aromatic carboxylic acids is 1. The summed E-state index contributed by atoms with van der Waals surface area (Å²) in [5.74, 6) is -0.986. The zero-order valence-corrected chi connectivity index (χ0v) is 8.42. The third kappa shape index (κ3) is 1.72.